The zero-order valence-corrected chi connectivity index (χ0v) is 18.0. The van der Waals surface area contributed by atoms with Crippen LogP contribution < -0.4 is 5.32 Å². The molecular weight excluding hydrogens is 441 g/mol. The Morgan fingerprint density at radius 3 is 2.90 bits per heavy atom. The zero-order valence-electron chi connectivity index (χ0n) is 16.4. The summed E-state index contributed by atoms with van der Waals surface area (Å²) >= 11 is 7.41. The third kappa shape index (κ3) is 4.77. The summed E-state index contributed by atoms with van der Waals surface area (Å²) in [6.45, 7) is -0.306. The van der Waals surface area contributed by atoms with Crippen LogP contribution in [-0.4, -0.2) is 50.9 Å². The second kappa shape index (κ2) is 9.40. The minimum absolute atomic E-state index is 0.211. The monoisotopic (exact) mass is 461 g/mol. The first-order valence-corrected chi connectivity index (χ1v) is 11.0. The minimum Gasteiger partial charge on any atom is -0.396 e. The van der Waals surface area contributed by atoms with Crippen molar-refractivity contribution in [1.82, 2.24) is 9.97 Å². The molecule has 0 spiro atoms. The van der Waals surface area contributed by atoms with E-state index in [1.54, 1.807) is 6.07 Å². The summed E-state index contributed by atoms with van der Waals surface area (Å²) in [5.74, 6) is -0.610. The van der Waals surface area contributed by atoms with Gasteiger partial charge in [-0.3, -0.25) is 4.79 Å². The number of carbonyl (C=O) groups is 1. The number of aliphatic hydroxyl groups excluding tert-OH is 2. The zero-order chi connectivity index (χ0) is 22.0. The van der Waals surface area contributed by atoms with Gasteiger partial charge in [0.25, 0.3) is 0 Å². The molecule has 3 N–H and O–H groups in total. The van der Waals surface area contributed by atoms with Gasteiger partial charge in [-0.15, -0.1) is 11.3 Å². The van der Waals surface area contributed by atoms with E-state index in [1.165, 1.54) is 23.9 Å². The lowest BCUT2D eigenvalue weighted by atomic mass is 10.1. The van der Waals surface area contributed by atoms with E-state index in [-0.39, 0.29) is 30.2 Å². The number of thiophene rings is 1. The molecule has 1 aliphatic rings. The third-order valence-electron chi connectivity index (χ3n) is 5.42. The van der Waals surface area contributed by atoms with Gasteiger partial charge in [0.15, 0.2) is 0 Å². The van der Waals surface area contributed by atoms with E-state index >= 15 is 0 Å². The van der Waals surface area contributed by atoms with Crippen LogP contribution in [-0.2, 0) is 6.42 Å². The van der Waals surface area contributed by atoms with Crippen molar-refractivity contribution in [3.05, 3.63) is 74.8 Å². The van der Waals surface area contributed by atoms with Crippen molar-refractivity contribution in [2.24, 2.45) is 5.92 Å². The van der Waals surface area contributed by atoms with E-state index in [2.05, 4.69) is 15.3 Å². The predicted molar refractivity (Wildman–Crippen MR) is 118 cm³/mol. The molecule has 3 aromatic rings. The summed E-state index contributed by atoms with van der Waals surface area (Å²) in [6, 6.07) is 10.5. The third-order valence-corrected chi connectivity index (χ3v) is 6.74. The van der Waals surface area contributed by atoms with Crippen molar-refractivity contribution in [3.63, 3.8) is 0 Å². The number of benzene rings is 1. The maximum absolute atomic E-state index is 14.4. The number of hydrogen-bond donors (Lipinski definition) is 3. The van der Waals surface area contributed by atoms with Crippen LogP contribution in [0.1, 0.15) is 32.1 Å². The Morgan fingerprint density at radius 2 is 2.16 bits per heavy atom. The molecule has 2 aromatic heterocycles. The lowest BCUT2D eigenvalue weighted by Gasteiger charge is -2.18. The van der Waals surface area contributed by atoms with Crippen LogP contribution in [0.25, 0.3) is 0 Å². The van der Waals surface area contributed by atoms with Crippen molar-refractivity contribution < 1.29 is 19.4 Å². The van der Waals surface area contributed by atoms with E-state index in [1.807, 2.05) is 30.3 Å². The summed E-state index contributed by atoms with van der Waals surface area (Å²) in [5.41, 5.74) is 1.28. The van der Waals surface area contributed by atoms with Crippen molar-refractivity contribution in [1.29, 1.82) is 0 Å². The molecule has 0 radical (unpaired) electrons. The van der Waals surface area contributed by atoms with Crippen molar-refractivity contribution in [2.45, 2.75) is 31.2 Å². The largest absolute Gasteiger partial charge is 0.396 e. The van der Waals surface area contributed by atoms with Gasteiger partial charge in [0.1, 0.15) is 18.3 Å². The first kappa shape index (κ1) is 21.8. The molecule has 31 heavy (non-hydrogen) atoms. The number of ketones is 1. The molecule has 0 saturated heterocycles. The molecule has 162 valence electrons. The fraction of sp³-hybridized carbons (Fsp3) is 0.318. The Bertz CT molecular complexity index is 1080. The van der Waals surface area contributed by atoms with Crippen molar-refractivity contribution >= 4 is 34.5 Å². The number of alkyl halides is 1. The lowest BCUT2D eigenvalue weighted by molar-refractivity contribution is 0.0444. The summed E-state index contributed by atoms with van der Waals surface area (Å²) in [4.78, 5) is 22.7. The van der Waals surface area contributed by atoms with Crippen LogP contribution in [0, 0.1) is 5.92 Å². The van der Waals surface area contributed by atoms with E-state index in [0.29, 0.717) is 16.3 Å². The van der Waals surface area contributed by atoms with Gasteiger partial charge in [0.05, 0.1) is 22.6 Å². The van der Waals surface area contributed by atoms with Gasteiger partial charge in [-0.25, -0.2) is 14.4 Å². The highest BCUT2D eigenvalue weighted by Gasteiger charge is 2.43. The number of nitrogens with one attached hydrogen (secondary N) is 1. The summed E-state index contributed by atoms with van der Waals surface area (Å²) in [5, 5.41) is 22.8. The Labute approximate surface area is 187 Å². The molecule has 0 aliphatic heterocycles. The SMILES string of the molecule is O=C(c1ccc(Cc2cccc(Cl)c2)s1)c1cncnc1N[C@@H]1C[C@H](CO)[C@@H](O)[C@@H]1F. The van der Waals surface area contributed by atoms with Crippen LogP contribution in [0.4, 0.5) is 10.2 Å². The fourth-order valence-corrected chi connectivity index (χ4v) is 4.99. The highest BCUT2D eigenvalue weighted by atomic mass is 35.5. The molecule has 1 saturated carbocycles. The first-order chi connectivity index (χ1) is 15.0. The molecule has 1 aromatic carbocycles. The van der Waals surface area contributed by atoms with Crippen LogP contribution in [0.3, 0.4) is 0 Å². The van der Waals surface area contributed by atoms with Crippen molar-refractivity contribution in [2.75, 3.05) is 11.9 Å². The van der Waals surface area contributed by atoms with Gasteiger partial charge in [-0.1, -0.05) is 23.7 Å². The molecule has 6 nitrogen and oxygen atoms in total. The molecular formula is C22H21ClFN3O3S. The number of hydrogen-bond acceptors (Lipinski definition) is 7. The van der Waals surface area contributed by atoms with Gasteiger partial charge >= 0.3 is 0 Å². The summed E-state index contributed by atoms with van der Waals surface area (Å²) in [7, 11) is 0. The maximum Gasteiger partial charge on any atom is 0.208 e. The summed E-state index contributed by atoms with van der Waals surface area (Å²) in [6.07, 6.45) is 0.743. The Morgan fingerprint density at radius 1 is 1.32 bits per heavy atom. The van der Waals surface area contributed by atoms with E-state index in [9.17, 15) is 19.4 Å². The molecule has 1 aliphatic carbocycles. The molecule has 0 unspecified atom stereocenters. The van der Waals surface area contributed by atoms with Crippen LogP contribution in [0.2, 0.25) is 5.02 Å². The topological polar surface area (TPSA) is 95.3 Å². The molecule has 2 heterocycles. The molecule has 4 atom stereocenters. The quantitative estimate of drug-likeness (QED) is 0.466. The maximum atomic E-state index is 14.4. The number of aromatic nitrogens is 2. The second-order valence-corrected chi connectivity index (χ2v) is 9.16. The standard InChI is InChI=1S/C22H21ClFN3O3S/c23-14-3-1-2-12(6-14)7-15-4-5-18(31-15)21(30)16-9-25-11-26-22(16)27-17-8-13(10-28)20(29)19(17)24/h1-6,9,11,13,17,19-20,28-29H,7-8,10H2,(H,25,26,27)/t13-,17-,19-,20-/m1/s1. The second-order valence-electron chi connectivity index (χ2n) is 7.55. The van der Waals surface area contributed by atoms with Gasteiger partial charge in [-0.05, 0) is 36.2 Å². The number of rotatable bonds is 7. The normalized spacial score (nSPS) is 23.1. The van der Waals surface area contributed by atoms with Crippen LogP contribution in [0.5, 0.6) is 0 Å². The molecule has 1 fully saturated rings. The Hall–Kier alpha value is -2.39. The van der Waals surface area contributed by atoms with Gasteiger partial charge in [0, 0.05) is 35.0 Å². The average Bonchev–Trinajstić information content (AvgIpc) is 3.33. The number of anilines is 1. The highest BCUT2D eigenvalue weighted by Crippen LogP contribution is 2.32. The number of aliphatic hydroxyl groups is 2. The van der Waals surface area contributed by atoms with Crippen LogP contribution >= 0.6 is 22.9 Å². The average molecular weight is 462 g/mol. The fourth-order valence-electron chi connectivity index (χ4n) is 3.78. The van der Waals surface area contributed by atoms with Gasteiger partial charge in [-0.2, -0.15) is 0 Å². The van der Waals surface area contributed by atoms with E-state index in [4.69, 9.17) is 11.6 Å². The lowest BCUT2D eigenvalue weighted by Crippen LogP contribution is -2.32. The Balaban J connectivity index is 1.52. The highest BCUT2D eigenvalue weighted by molar-refractivity contribution is 7.14. The molecule has 9 heteroatoms. The van der Waals surface area contributed by atoms with E-state index in [0.717, 1.165) is 10.4 Å². The van der Waals surface area contributed by atoms with Crippen molar-refractivity contribution in [3.8, 4) is 0 Å². The number of nitrogens with zero attached hydrogens (tertiary/aromatic N) is 2. The van der Waals surface area contributed by atoms with E-state index < -0.39 is 24.2 Å². The number of carbonyl (C=O) groups excluding carboxylic acids is 1. The predicted octanol–water partition coefficient (Wildman–Crippen LogP) is 3.51. The molecule has 4 rings (SSSR count). The van der Waals surface area contributed by atoms with Crippen LogP contribution in [0.15, 0.2) is 48.9 Å². The van der Waals surface area contributed by atoms with Gasteiger partial charge < -0.3 is 15.5 Å². The molecule has 0 bridgehead atoms. The first-order valence-electron chi connectivity index (χ1n) is 9.83. The Kier molecular flexibility index (Phi) is 6.62. The molecule has 0 amide bonds. The van der Waals surface area contributed by atoms with Gasteiger partial charge in [0.2, 0.25) is 5.78 Å². The summed E-state index contributed by atoms with van der Waals surface area (Å²) < 4.78 is 14.4. The number of halogens is 2. The minimum atomic E-state index is -1.57. The smallest absolute Gasteiger partial charge is 0.208 e.